The molecule has 4 aromatic rings. The number of aryl methyl sites for hydroxylation is 1. The number of hydrogen-bond acceptors (Lipinski definition) is 7. The lowest BCUT2D eigenvalue weighted by Gasteiger charge is -2.07. The molecule has 2 aromatic carbocycles. The van der Waals surface area contributed by atoms with Crippen molar-refractivity contribution in [2.24, 2.45) is 0 Å². The molecule has 0 saturated heterocycles. The minimum absolute atomic E-state index is 0.139. The molecule has 1 amide bonds. The second-order valence-electron chi connectivity index (χ2n) is 7.13. The molecule has 0 atom stereocenters. The van der Waals surface area contributed by atoms with Crippen LogP contribution in [0.25, 0.3) is 5.65 Å². The van der Waals surface area contributed by atoms with Crippen molar-refractivity contribution in [1.29, 1.82) is 0 Å². The Kier molecular flexibility index (Phi) is 6.16. The van der Waals surface area contributed by atoms with Gasteiger partial charge in [-0.2, -0.15) is 0 Å². The van der Waals surface area contributed by atoms with E-state index in [-0.39, 0.29) is 24.7 Å². The molecule has 0 aliphatic heterocycles. The normalized spacial score (nSPS) is 10.7. The summed E-state index contributed by atoms with van der Waals surface area (Å²) in [6, 6.07) is 13.7. The lowest BCUT2D eigenvalue weighted by Crippen LogP contribution is -2.28. The standard InChI is InChI=1S/C23H21N5O5/c1-3-32-22(30)16-5-4-6-17(13-16)25-19(29)14-28-23(31)27-12-11-24-21(20(27)26-28)33-18-9-7-15(2)8-10-18/h4-13H,3,14H2,1-2H3,(H,25,29). The Labute approximate surface area is 188 Å². The van der Waals surface area contributed by atoms with Crippen molar-refractivity contribution in [2.45, 2.75) is 20.4 Å². The Morgan fingerprint density at radius 2 is 1.91 bits per heavy atom. The molecular formula is C23H21N5O5. The van der Waals surface area contributed by atoms with Crippen molar-refractivity contribution < 1.29 is 19.1 Å². The highest BCUT2D eigenvalue weighted by Crippen LogP contribution is 2.22. The Morgan fingerprint density at radius 1 is 1.12 bits per heavy atom. The summed E-state index contributed by atoms with van der Waals surface area (Å²) in [5.74, 6) is -0.295. The van der Waals surface area contributed by atoms with Gasteiger partial charge in [-0.1, -0.05) is 23.8 Å². The number of amides is 1. The highest BCUT2D eigenvalue weighted by Gasteiger charge is 2.16. The molecule has 168 valence electrons. The van der Waals surface area contributed by atoms with E-state index >= 15 is 0 Å². The first-order chi connectivity index (χ1) is 15.9. The van der Waals surface area contributed by atoms with E-state index in [2.05, 4.69) is 15.4 Å². The number of anilines is 1. The van der Waals surface area contributed by atoms with Crippen molar-refractivity contribution >= 4 is 23.2 Å². The number of hydrogen-bond donors (Lipinski definition) is 1. The number of rotatable bonds is 7. The molecule has 0 spiro atoms. The average molecular weight is 447 g/mol. The number of ether oxygens (including phenoxy) is 2. The van der Waals surface area contributed by atoms with Crippen LogP contribution in [0.1, 0.15) is 22.8 Å². The summed E-state index contributed by atoms with van der Waals surface area (Å²) < 4.78 is 13.0. The molecule has 0 unspecified atom stereocenters. The molecule has 0 aliphatic rings. The summed E-state index contributed by atoms with van der Waals surface area (Å²) in [6.45, 7) is 3.58. The van der Waals surface area contributed by atoms with Crippen LogP contribution in [0.15, 0.2) is 65.7 Å². The number of aromatic nitrogens is 4. The monoisotopic (exact) mass is 447 g/mol. The Morgan fingerprint density at radius 3 is 2.67 bits per heavy atom. The molecular weight excluding hydrogens is 426 g/mol. The van der Waals surface area contributed by atoms with E-state index in [1.54, 1.807) is 37.3 Å². The summed E-state index contributed by atoms with van der Waals surface area (Å²) in [4.78, 5) is 41.3. The van der Waals surface area contributed by atoms with Gasteiger partial charge in [0.1, 0.15) is 12.3 Å². The van der Waals surface area contributed by atoms with Gasteiger partial charge < -0.3 is 14.8 Å². The van der Waals surface area contributed by atoms with Gasteiger partial charge in [0.05, 0.1) is 12.2 Å². The molecule has 33 heavy (non-hydrogen) atoms. The summed E-state index contributed by atoms with van der Waals surface area (Å²) in [5, 5.41) is 6.88. The molecule has 0 radical (unpaired) electrons. The van der Waals surface area contributed by atoms with Crippen LogP contribution in [-0.2, 0) is 16.1 Å². The first kappa shape index (κ1) is 21.8. The fourth-order valence-electron chi connectivity index (χ4n) is 3.09. The van der Waals surface area contributed by atoms with Gasteiger partial charge in [-0.15, -0.1) is 5.10 Å². The zero-order chi connectivity index (χ0) is 23.4. The van der Waals surface area contributed by atoms with Crippen LogP contribution in [0.3, 0.4) is 0 Å². The van der Waals surface area contributed by atoms with E-state index in [0.717, 1.165) is 10.2 Å². The minimum atomic E-state index is -0.517. The van der Waals surface area contributed by atoms with E-state index in [9.17, 15) is 14.4 Å². The fraction of sp³-hybridized carbons (Fsp3) is 0.174. The average Bonchev–Trinajstić information content (AvgIpc) is 3.12. The largest absolute Gasteiger partial charge is 0.462 e. The van der Waals surface area contributed by atoms with Crippen LogP contribution in [0, 0.1) is 6.92 Å². The summed E-state index contributed by atoms with van der Waals surface area (Å²) in [6.07, 6.45) is 2.87. The highest BCUT2D eigenvalue weighted by molar-refractivity contribution is 5.94. The van der Waals surface area contributed by atoms with E-state index in [1.807, 2.05) is 19.1 Å². The van der Waals surface area contributed by atoms with Crippen molar-refractivity contribution in [1.82, 2.24) is 19.2 Å². The third-order valence-corrected chi connectivity index (χ3v) is 4.66. The summed E-state index contributed by atoms with van der Waals surface area (Å²) >= 11 is 0. The number of esters is 1. The molecule has 2 heterocycles. The number of nitrogens with zero attached hydrogens (tertiary/aromatic N) is 4. The smallest absolute Gasteiger partial charge is 0.351 e. The maximum Gasteiger partial charge on any atom is 0.351 e. The lowest BCUT2D eigenvalue weighted by atomic mass is 10.2. The topological polar surface area (TPSA) is 117 Å². The van der Waals surface area contributed by atoms with Gasteiger partial charge in [-0.3, -0.25) is 4.79 Å². The van der Waals surface area contributed by atoms with Gasteiger partial charge in [0.15, 0.2) is 0 Å². The first-order valence-electron chi connectivity index (χ1n) is 10.2. The predicted octanol–water partition coefficient (Wildman–Crippen LogP) is 2.81. The Balaban J connectivity index is 1.53. The maximum atomic E-state index is 12.7. The van der Waals surface area contributed by atoms with Crippen molar-refractivity contribution in [3.8, 4) is 11.6 Å². The molecule has 10 heteroatoms. The van der Waals surface area contributed by atoms with E-state index in [1.165, 1.54) is 22.9 Å². The minimum Gasteiger partial charge on any atom is -0.462 e. The highest BCUT2D eigenvalue weighted by atomic mass is 16.5. The SMILES string of the molecule is CCOC(=O)c1cccc(NC(=O)Cn2nc3c(Oc4ccc(C)cc4)nccn3c2=O)c1. The maximum absolute atomic E-state index is 12.7. The van der Waals surface area contributed by atoms with Crippen LogP contribution in [0.4, 0.5) is 5.69 Å². The van der Waals surface area contributed by atoms with Crippen molar-refractivity contribution in [3.63, 3.8) is 0 Å². The molecule has 0 bridgehead atoms. The number of carbonyl (C=O) groups excluding carboxylic acids is 2. The van der Waals surface area contributed by atoms with Crippen LogP contribution in [0.2, 0.25) is 0 Å². The Hall–Kier alpha value is -4.47. The van der Waals surface area contributed by atoms with Gasteiger partial charge in [0.2, 0.25) is 11.6 Å². The van der Waals surface area contributed by atoms with Crippen LogP contribution < -0.4 is 15.7 Å². The number of benzene rings is 2. The van der Waals surface area contributed by atoms with E-state index in [4.69, 9.17) is 9.47 Å². The number of fused-ring (bicyclic) bond motifs is 1. The van der Waals surface area contributed by atoms with Gasteiger partial charge in [0, 0.05) is 18.1 Å². The first-order valence-corrected chi connectivity index (χ1v) is 10.2. The zero-order valence-electron chi connectivity index (χ0n) is 18.0. The summed E-state index contributed by atoms with van der Waals surface area (Å²) in [5.41, 5.74) is 1.44. The van der Waals surface area contributed by atoms with Gasteiger partial charge in [-0.25, -0.2) is 23.7 Å². The second kappa shape index (κ2) is 9.35. The fourth-order valence-corrected chi connectivity index (χ4v) is 3.09. The second-order valence-corrected chi connectivity index (χ2v) is 7.13. The molecule has 2 aromatic heterocycles. The van der Waals surface area contributed by atoms with Crippen LogP contribution >= 0.6 is 0 Å². The van der Waals surface area contributed by atoms with E-state index in [0.29, 0.717) is 17.0 Å². The number of nitrogens with one attached hydrogen (secondary N) is 1. The summed E-state index contributed by atoms with van der Waals surface area (Å²) in [7, 11) is 0. The number of carbonyl (C=O) groups is 2. The third kappa shape index (κ3) is 4.90. The molecule has 0 fully saturated rings. The molecule has 0 aliphatic carbocycles. The zero-order valence-corrected chi connectivity index (χ0v) is 18.0. The van der Waals surface area contributed by atoms with Gasteiger partial charge >= 0.3 is 11.7 Å². The molecule has 4 rings (SSSR count). The Bertz CT molecular complexity index is 1370. The molecule has 10 nitrogen and oxygen atoms in total. The molecule has 0 saturated carbocycles. The van der Waals surface area contributed by atoms with Crippen LogP contribution in [-0.4, -0.2) is 37.6 Å². The lowest BCUT2D eigenvalue weighted by molar-refractivity contribution is -0.117. The quantitative estimate of drug-likeness (QED) is 0.433. The third-order valence-electron chi connectivity index (χ3n) is 4.66. The van der Waals surface area contributed by atoms with Crippen molar-refractivity contribution in [2.75, 3.05) is 11.9 Å². The van der Waals surface area contributed by atoms with E-state index < -0.39 is 17.6 Å². The van der Waals surface area contributed by atoms with Gasteiger partial charge in [-0.05, 0) is 44.2 Å². The predicted molar refractivity (Wildman–Crippen MR) is 120 cm³/mol. The van der Waals surface area contributed by atoms with Crippen molar-refractivity contribution in [3.05, 3.63) is 82.5 Å². The van der Waals surface area contributed by atoms with Crippen LogP contribution in [0.5, 0.6) is 11.6 Å². The van der Waals surface area contributed by atoms with Gasteiger partial charge in [0.25, 0.3) is 5.88 Å². The molecule has 1 N–H and O–H groups in total.